The van der Waals surface area contributed by atoms with Crippen LogP contribution in [0, 0.1) is 0 Å². The lowest BCUT2D eigenvalue weighted by atomic mass is 10.2. The molecule has 2 N–H and O–H groups in total. The maximum absolute atomic E-state index is 6.00. The Hall–Kier alpha value is -1.39. The molecule has 140 valence electrons. The van der Waals surface area contributed by atoms with Crippen LogP contribution >= 0.6 is 46.9 Å². The third-order valence-corrected chi connectivity index (χ3v) is 4.78. The monoisotopic (exact) mass is 504 g/mol. The summed E-state index contributed by atoms with van der Waals surface area (Å²) in [6.45, 7) is 5.52. The van der Waals surface area contributed by atoms with Gasteiger partial charge in [0.1, 0.15) is 10.7 Å². The van der Waals surface area contributed by atoms with Crippen molar-refractivity contribution in [2.75, 3.05) is 7.05 Å². The molecule has 0 aliphatic heterocycles. The minimum atomic E-state index is 0. The summed E-state index contributed by atoms with van der Waals surface area (Å²) in [5, 5.41) is 10.4. The Bertz CT molecular complexity index is 888. The molecule has 0 aliphatic rings. The second-order valence-corrected chi connectivity index (χ2v) is 7.32. The number of hydrogen-bond donors (Lipinski definition) is 2. The number of aliphatic imine (C=N–C) groups is 1. The van der Waals surface area contributed by atoms with Crippen LogP contribution in [-0.2, 0) is 13.1 Å². The quantitative estimate of drug-likeness (QED) is 0.313. The molecule has 0 unspecified atom stereocenters. The standard InChI is InChI=1S/C17H21ClN6S.HI/c1-11(2)14-10-25-16(23-14)7-21-17(19-3)20-6-13-9-24-8-12(18)4-5-15(24)22-13;/h4-5,8-11H,6-7H2,1-3H3,(H2,19,20,21);1H. The fraction of sp³-hybridized carbons (Fsp3) is 0.353. The maximum atomic E-state index is 6.00. The molecule has 26 heavy (non-hydrogen) atoms. The van der Waals surface area contributed by atoms with Crippen LogP contribution in [0.5, 0.6) is 0 Å². The van der Waals surface area contributed by atoms with Crippen molar-refractivity contribution >= 4 is 58.5 Å². The highest BCUT2D eigenvalue weighted by Gasteiger charge is 2.07. The van der Waals surface area contributed by atoms with Gasteiger partial charge >= 0.3 is 0 Å². The molecule has 3 aromatic rings. The second-order valence-electron chi connectivity index (χ2n) is 5.95. The summed E-state index contributed by atoms with van der Waals surface area (Å²) in [4.78, 5) is 13.4. The number of rotatable bonds is 5. The predicted molar refractivity (Wildman–Crippen MR) is 119 cm³/mol. The van der Waals surface area contributed by atoms with E-state index in [0.717, 1.165) is 28.0 Å². The van der Waals surface area contributed by atoms with E-state index in [1.165, 1.54) is 0 Å². The Labute approximate surface area is 179 Å². The first-order valence-corrected chi connectivity index (χ1v) is 9.33. The van der Waals surface area contributed by atoms with Crippen LogP contribution in [0.15, 0.2) is 34.9 Å². The molecule has 3 aromatic heterocycles. The number of nitrogens with one attached hydrogen (secondary N) is 2. The van der Waals surface area contributed by atoms with Crippen LogP contribution in [-0.4, -0.2) is 27.4 Å². The van der Waals surface area contributed by atoms with E-state index in [-0.39, 0.29) is 24.0 Å². The Morgan fingerprint density at radius 1 is 1.23 bits per heavy atom. The van der Waals surface area contributed by atoms with Crippen molar-refractivity contribution in [2.45, 2.75) is 32.9 Å². The number of fused-ring (bicyclic) bond motifs is 1. The van der Waals surface area contributed by atoms with Gasteiger partial charge in [0, 0.05) is 24.8 Å². The van der Waals surface area contributed by atoms with Crippen molar-refractivity contribution in [1.29, 1.82) is 0 Å². The molecule has 3 heterocycles. The first kappa shape index (κ1) is 20.9. The Kier molecular flexibility index (Phi) is 7.66. The lowest BCUT2D eigenvalue weighted by molar-refractivity contribution is 0.780. The number of thiazole rings is 1. The third-order valence-electron chi connectivity index (χ3n) is 3.69. The van der Waals surface area contributed by atoms with Gasteiger partial charge in [-0.1, -0.05) is 25.4 Å². The highest BCUT2D eigenvalue weighted by Crippen LogP contribution is 2.17. The van der Waals surface area contributed by atoms with Crippen LogP contribution in [0.25, 0.3) is 5.65 Å². The first-order valence-electron chi connectivity index (χ1n) is 8.07. The minimum absolute atomic E-state index is 0. The predicted octanol–water partition coefficient (Wildman–Crippen LogP) is 4.05. The number of aromatic nitrogens is 3. The fourth-order valence-corrected chi connectivity index (χ4v) is 3.39. The zero-order chi connectivity index (χ0) is 17.8. The van der Waals surface area contributed by atoms with Gasteiger partial charge in [0.15, 0.2) is 5.96 Å². The molecule has 0 atom stereocenters. The van der Waals surface area contributed by atoms with Gasteiger partial charge in [0.05, 0.1) is 29.5 Å². The summed E-state index contributed by atoms with van der Waals surface area (Å²) in [7, 11) is 1.75. The van der Waals surface area contributed by atoms with E-state index in [1.807, 2.05) is 28.9 Å². The number of halogens is 2. The topological polar surface area (TPSA) is 66.6 Å². The summed E-state index contributed by atoms with van der Waals surface area (Å²) in [5.41, 5.74) is 2.92. The van der Waals surface area contributed by atoms with Crippen molar-refractivity contribution < 1.29 is 0 Å². The highest BCUT2D eigenvalue weighted by atomic mass is 127. The third kappa shape index (κ3) is 5.31. The molecule has 0 aliphatic carbocycles. The molecular formula is C17H22ClIN6S. The van der Waals surface area contributed by atoms with Crippen molar-refractivity contribution in [3.8, 4) is 0 Å². The molecule has 6 nitrogen and oxygen atoms in total. The molecule has 3 rings (SSSR count). The lowest BCUT2D eigenvalue weighted by Crippen LogP contribution is -2.36. The Balaban J connectivity index is 0.00000243. The molecule has 0 bridgehead atoms. The molecule has 0 amide bonds. The summed E-state index contributed by atoms with van der Waals surface area (Å²) >= 11 is 7.66. The second kappa shape index (κ2) is 9.52. The van der Waals surface area contributed by atoms with E-state index in [1.54, 1.807) is 18.4 Å². The molecule has 9 heteroatoms. The van der Waals surface area contributed by atoms with E-state index in [9.17, 15) is 0 Å². The van der Waals surface area contributed by atoms with Crippen LogP contribution in [0.4, 0.5) is 0 Å². The van der Waals surface area contributed by atoms with Gasteiger partial charge in [0.2, 0.25) is 0 Å². The Morgan fingerprint density at radius 3 is 2.69 bits per heavy atom. The number of pyridine rings is 1. The molecule has 0 radical (unpaired) electrons. The lowest BCUT2D eigenvalue weighted by Gasteiger charge is -2.09. The largest absolute Gasteiger partial charge is 0.351 e. The Morgan fingerprint density at radius 2 is 2.00 bits per heavy atom. The van der Waals surface area contributed by atoms with E-state index >= 15 is 0 Å². The van der Waals surface area contributed by atoms with Gasteiger partial charge in [0.25, 0.3) is 0 Å². The number of hydrogen-bond acceptors (Lipinski definition) is 4. The average molecular weight is 505 g/mol. The minimum Gasteiger partial charge on any atom is -0.351 e. The number of nitrogens with zero attached hydrogens (tertiary/aromatic N) is 4. The van der Waals surface area contributed by atoms with Crippen LogP contribution in [0.1, 0.15) is 36.2 Å². The van der Waals surface area contributed by atoms with Gasteiger partial charge in [-0.15, -0.1) is 35.3 Å². The van der Waals surface area contributed by atoms with Gasteiger partial charge in [-0.05, 0) is 18.1 Å². The summed E-state index contributed by atoms with van der Waals surface area (Å²) < 4.78 is 1.92. The molecule has 0 fully saturated rings. The van der Waals surface area contributed by atoms with Gasteiger partial charge in [-0.3, -0.25) is 4.99 Å². The smallest absolute Gasteiger partial charge is 0.191 e. The van der Waals surface area contributed by atoms with E-state index < -0.39 is 0 Å². The SMILES string of the molecule is CN=C(NCc1cn2cc(Cl)ccc2n1)NCc1nc(C(C)C)cs1.I. The van der Waals surface area contributed by atoms with Gasteiger partial charge < -0.3 is 15.0 Å². The van der Waals surface area contributed by atoms with Crippen molar-refractivity contribution in [1.82, 2.24) is 25.0 Å². The zero-order valence-corrected chi connectivity index (χ0v) is 18.8. The summed E-state index contributed by atoms with van der Waals surface area (Å²) in [5.74, 6) is 1.17. The summed E-state index contributed by atoms with van der Waals surface area (Å²) in [6.07, 6.45) is 3.80. The highest BCUT2D eigenvalue weighted by molar-refractivity contribution is 14.0. The zero-order valence-electron chi connectivity index (χ0n) is 14.9. The number of imidazole rings is 1. The maximum Gasteiger partial charge on any atom is 0.191 e. The number of guanidine groups is 1. The van der Waals surface area contributed by atoms with Gasteiger partial charge in [-0.2, -0.15) is 0 Å². The van der Waals surface area contributed by atoms with Crippen molar-refractivity contribution in [2.24, 2.45) is 4.99 Å². The molecule has 0 aromatic carbocycles. The molecule has 0 spiro atoms. The van der Waals surface area contributed by atoms with Crippen LogP contribution in [0.3, 0.4) is 0 Å². The van der Waals surface area contributed by atoms with Crippen molar-refractivity contribution in [3.63, 3.8) is 0 Å². The molecule has 0 saturated heterocycles. The van der Waals surface area contributed by atoms with Crippen LogP contribution in [0.2, 0.25) is 5.02 Å². The first-order chi connectivity index (χ1) is 12.0. The molecule has 0 saturated carbocycles. The molecular weight excluding hydrogens is 483 g/mol. The van der Waals surface area contributed by atoms with Crippen LogP contribution < -0.4 is 10.6 Å². The van der Waals surface area contributed by atoms with Crippen molar-refractivity contribution in [3.05, 3.63) is 51.3 Å². The van der Waals surface area contributed by atoms with E-state index in [2.05, 4.69) is 44.8 Å². The summed E-state index contributed by atoms with van der Waals surface area (Å²) in [6, 6.07) is 3.73. The van der Waals surface area contributed by atoms with E-state index in [4.69, 9.17) is 11.6 Å². The van der Waals surface area contributed by atoms with E-state index in [0.29, 0.717) is 24.0 Å². The normalized spacial score (nSPS) is 11.7. The van der Waals surface area contributed by atoms with Gasteiger partial charge in [-0.25, -0.2) is 9.97 Å². The average Bonchev–Trinajstić information content (AvgIpc) is 3.21. The fourth-order valence-electron chi connectivity index (χ4n) is 2.33.